The van der Waals surface area contributed by atoms with Crippen LogP contribution in [0.15, 0.2) is 12.3 Å². The lowest BCUT2D eigenvalue weighted by Gasteiger charge is -2.23. The molecule has 0 spiro atoms. The van der Waals surface area contributed by atoms with E-state index < -0.39 is 6.09 Å². The topological polar surface area (TPSA) is 55.8 Å². The number of nitrogens with zero attached hydrogens (tertiary/aromatic N) is 2. The molecule has 5 heteroatoms. The molecule has 0 aromatic rings. The van der Waals surface area contributed by atoms with Gasteiger partial charge in [-0.2, -0.15) is 0 Å². The number of hydrogen-bond acceptors (Lipinski definition) is 3. The van der Waals surface area contributed by atoms with Gasteiger partial charge < -0.3 is 15.0 Å². The van der Waals surface area contributed by atoms with Crippen molar-refractivity contribution in [1.82, 2.24) is 15.3 Å². The summed E-state index contributed by atoms with van der Waals surface area (Å²) in [5.74, 6) is 0. The molecule has 72 valence electrons. The van der Waals surface area contributed by atoms with Gasteiger partial charge in [0.25, 0.3) is 0 Å². The van der Waals surface area contributed by atoms with Crippen molar-refractivity contribution in [2.45, 2.75) is 12.5 Å². The Bertz CT molecular complexity index is 242. The molecule has 1 atom stereocenters. The Morgan fingerprint density at radius 1 is 1.62 bits per heavy atom. The van der Waals surface area contributed by atoms with Gasteiger partial charge >= 0.3 is 6.09 Å². The molecule has 1 fully saturated rings. The Morgan fingerprint density at radius 3 is 3.23 bits per heavy atom. The third-order valence-electron chi connectivity index (χ3n) is 2.46. The first-order valence-electron chi connectivity index (χ1n) is 4.44. The zero-order valence-electron chi connectivity index (χ0n) is 7.31. The van der Waals surface area contributed by atoms with Gasteiger partial charge in [0.1, 0.15) is 0 Å². The van der Waals surface area contributed by atoms with E-state index in [2.05, 4.69) is 5.43 Å². The van der Waals surface area contributed by atoms with Crippen molar-refractivity contribution >= 4 is 6.09 Å². The van der Waals surface area contributed by atoms with Crippen molar-refractivity contribution in [2.75, 3.05) is 19.6 Å². The summed E-state index contributed by atoms with van der Waals surface area (Å²) in [4.78, 5) is 12.2. The molecule has 2 heterocycles. The highest BCUT2D eigenvalue weighted by atomic mass is 16.4. The van der Waals surface area contributed by atoms with E-state index in [0.29, 0.717) is 19.1 Å². The highest BCUT2D eigenvalue weighted by molar-refractivity contribution is 5.65. The van der Waals surface area contributed by atoms with E-state index in [9.17, 15) is 4.79 Å². The molecule has 13 heavy (non-hydrogen) atoms. The van der Waals surface area contributed by atoms with Crippen LogP contribution < -0.4 is 5.43 Å². The van der Waals surface area contributed by atoms with Crippen molar-refractivity contribution in [3.8, 4) is 0 Å². The fourth-order valence-electron chi connectivity index (χ4n) is 1.76. The van der Waals surface area contributed by atoms with E-state index in [1.165, 1.54) is 4.90 Å². The largest absolute Gasteiger partial charge is 0.465 e. The molecular formula is C8H13N3O2. The van der Waals surface area contributed by atoms with Crippen molar-refractivity contribution in [1.29, 1.82) is 0 Å². The maximum atomic E-state index is 10.7. The number of fused-ring (bicyclic) bond motifs is 1. The fourth-order valence-corrected chi connectivity index (χ4v) is 1.76. The van der Waals surface area contributed by atoms with Gasteiger partial charge in [0.05, 0.1) is 6.04 Å². The van der Waals surface area contributed by atoms with E-state index in [4.69, 9.17) is 5.11 Å². The number of hydrazine groups is 1. The molecule has 2 aliphatic heterocycles. The van der Waals surface area contributed by atoms with Crippen LogP contribution in [0.3, 0.4) is 0 Å². The summed E-state index contributed by atoms with van der Waals surface area (Å²) in [6, 6.07) is 0.301. The second-order valence-electron chi connectivity index (χ2n) is 3.33. The van der Waals surface area contributed by atoms with Crippen LogP contribution >= 0.6 is 0 Å². The SMILES string of the molecule is O=C(O)N1CC=CN2NCCC2C1. The van der Waals surface area contributed by atoms with E-state index in [1.54, 1.807) is 0 Å². The number of hydrogen-bond donors (Lipinski definition) is 2. The molecule has 1 saturated heterocycles. The van der Waals surface area contributed by atoms with Gasteiger partial charge in [0, 0.05) is 25.8 Å². The molecule has 2 N–H and O–H groups in total. The second kappa shape index (κ2) is 3.26. The molecular weight excluding hydrogens is 170 g/mol. The van der Waals surface area contributed by atoms with Crippen LogP contribution in [-0.2, 0) is 0 Å². The first-order chi connectivity index (χ1) is 6.27. The molecule has 2 aliphatic rings. The summed E-state index contributed by atoms with van der Waals surface area (Å²) in [6.07, 6.45) is 3.97. The maximum absolute atomic E-state index is 10.7. The molecule has 2 rings (SSSR count). The highest BCUT2D eigenvalue weighted by Crippen LogP contribution is 2.13. The average Bonchev–Trinajstić information content (AvgIpc) is 2.42. The van der Waals surface area contributed by atoms with Gasteiger partial charge in [0.15, 0.2) is 0 Å². The van der Waals surface area contributed by atoms with Crippen LogP contribution in [0.5, 0.6) is 0 Å². The summed E-state index contributed by atoms with van der Waals surface area (Å²) in [7, 11) is 0. The molecule has 0 saturated carbocycles. The van der Waals surface area contributed by atoms with Gasteiger partial charge in [0.2, 0.25) is 0 Å². The van der Waals surface area contributed by atoms with E-state index in [0.717, 1.165) is 13.0 Å². The van der Waals surface area contributed by atoms with E-state index in [-0.39, 0.29) is 0 Å². The predicted octanol–water partition coefficient (Wildman–Crippen LogP) is 0.0726. The lowest BCUT2D eigenvalue weighted by molar-refractivity contribution is 0.138. The monoisotopic (exact) mass is 183 g/mol. The lowest BCUT2D eigenvalue weighted by atomic mass is 10.2. The van der Waals surface area contributed by atoms with Gasteiger partial charge in [-0.3, -0.25) is 0 Å². The first kappa shape index (κ1) is 8.37. The Balaban J connectivity index is 2.07. The summed E-state index contributed by atoms with van der Waals surface area (Å²) >= 11 is 0. The number of nitrogens with one attached hydrogen (secondary N) is 1. The predicted molar refractivity (Wildman–Crippen MR) is 47.0 cm³/mol. The third-order valence-corrected chi connectivity index (χ3v) is 2.46. The average molecular weight is 183 g/mol. The van der Waals surface area contributed by atoms with Crippen molar-refractivity contribution in [3.05, 3.63) is 12.3 Å². The van der Waals surface area contributed by atoms with Crippen LogP contribution in [0.25, 0.3) is 0 Å². The number of rotatable bonds is 0. The van der Waals surface area contributed by atoms with Gasteiger partial charge in [-0.1, -0.05) is 0 Å². The van der Waals surface area contributed by atoms with Crippen molar-refractivity contribution in [3.63, 3.8) is 0 Å². The van der Waals surface area contributed by atoms with Crippen LogP contribution in [0.4, 0.5) is 4.79 Å². The fraction of sp³-hybridized carbons (Fsp3) is 0.625. The molecule has 0 aromatic carbocycles. The third kappa shape index (κ3) is 1.60. The molecule has 1 unspecified atom stereocenters. The van der Waals surface area contributed by atoms with E-state index >= 15 is 0 Å². The minimum absolute atomic E-state index is 0.301. The normalized spacial score (nSPS) is 27.2. The Hall–Kier alpha value is -1.23. The number of carbonyl (C=O) groups is 1. The Labute approximate surface area is 76.6 Å². The quantitative estimate of drug-likeness (QED) is 0.558. The maximum Gasteiger partial charge on any atom is 0.407 e. The Morgan fingerprint density at radius 2 is 2.46 bits per heavy atom. The molecule has 1 amide bonds. The zero-order chi connectivity index (χ0) is 9.26. The van der Waals surface area contributed by atoms with Gasteiger partial charge in [-0.15, -0.1) is 0 Å². The standard InChI is InChI=1S/C8H13N3O2/c12-8(13)10-4-1-5-11-7(6-10)2-3-9-11/h1,5,7,9H,2-4,6H2,(H,12,13). The van der Waals surface area contributed by atoms with E-state index in [1.807, 2.05) is 17.3 Å². The smallest absolute Gasteiger partial charge is 0.407 e. The zero-order valence-corrected chi connectivity index (χ0v) is 7.31. The van der Waals surface area contributed by atoms with Gasteiger partial charge in [-0.05, 0) is 12.5 Å². The summed E-state index contributed by atoms with van der Waals surface area (Å²) < 4.78 is 0. The second-order valence-corrected chi connectivity index (χ2v) is 3.33. The number of amides is 1. The summed E-state index contributed by atoms with van der Waals surface area (Å²) in [6.45, 7) is 2.02. The molecule has 0 bridgehead atoms. The molecule has 0 aliphatic carbocycles. The van der Waals surface area contributed by atoms with Crippen molar-refractivity contribution in [2.24, 2.45) is 0 Å². The number of carboxylic acid groups (broad SMARTS) is 1. The lowest BCUT2D eigenvalue weighted by Crippen LogP contribution is -2.40. The minimum atomic E-state index is -0.835. The molecule has 5 nitrogen and oxygen atoms in total. The van der Waals surface area contributed by atoms with Crippen molar-refractivity contribution < 1.29 is 9.90 Å². The highest BCUT2D eigenvalue weighted by Gasteiger charge is 2.27. The Kier molecular flexibility index (Phi) is 2.10. The first-order valence-corrected chi connectivity index (χ1v) is 4.44. The molecule has 0 radical (unpaired) electrons. The van der Waals surface area contributed by atoms with Crippen LogP contribution in [0.1, 0.15) is 6.42 Å². The molecule has 0 aromatic heterocycles. The van der Waals surface area contributed by atoms with Gasteiger partial charge in [-0.25, -0.2) is 10.2 Å². The van der Waals surface area contributed by atoms with Crippen LogP contribution in [0.2, 0.25) is 0 Å². The van der Waals surface area contributed by atoms with Crippen LogP contribution in [0, 0.1) is 0 Å². The summed E-state index contributed by atoms with van der Waals surface area (Å²) in [5, 5.41) is 10.8. The minimum Gasteiger partial charge on any atom is -0.465 e. The van der Waals surface area contributed by atoms with Crippen LogP contribution in [-0.4, -0.2) is 46.8 Å². The summed E-state index contributed by atoms with van der Waals surface area (Å²) in [5.41, 5.74) is 3.18.